The van der Waals surface area contributed by atoms with Gasteiger partial charge in [-0.3, -0.25) is 29.1 Å². The Bertz CT molecular complexity index is 866. The van der Waals surface area contributed by atoms with Crippen molar-refractivity contribution in [1.82, 2.24) is 14.7 Å². The molecule has 0 radical (unpaired) electrons. The van der Waals surface area contributed by atoms with Gasteiger partial charge in [0.05, 0.1) is 26.2 Å². The minimum absolute atomic E-state index is 0.179. The molecule has 1 saturated heterocycles. The van der Waals surface area contributed by atoms with Gasteiger partial charge in [0.25, 0.3) is 0 Å². The average Bonchev–Trinajstić information content (AvgIpc) is 2.74. The van der Waals surface area contributed by atoms with E-state index in [1.165, 1.54) is 0 Å². The first-order valence-electron chi connectivity index (χ1n) is 10.5. The topological polar surface area (TPSA) is 157 Å². The van der Waals surface area contributed by atoms with Crippen molar-refractivity contribution in [1.29, 1.82) is 0 Å². The monoisotopic (exact) mass is 462 g/mol. The van der Waals surface area contributed by atoms with Crippen LogP contribution in [0.3, 0.4) is 0 Å². The van der Waals surface area contributed by atoms with E-state index in [-0.39, 0.29) is 32.7 Å². The molecule has 1 unspecified atom stereocenters. The number of benzene rings is 1. The first kappa shape index (κ1) is 25.9. The van der Waals surface area contributed by atoms with Crippen molar-refractivity contribution in [3.63, 3.8) is 0 Å². The molecule has 0 aromatic heterocycles. The number of nitrogens with two attached hydrogens (primary N) is 1. The fourth-order valence-electron chi connectivity index (χ4n) is 3.62. The zero-order valence-electron chi connectivity index (χ0n) is 18.4. The number of carbonyl (C=O) groups is 3. The fraction of sp³-hybridized carbons (Fsp3) is 0.500. The molecule has 1 aliphatic rings. The SMILES string of the molecule is NC#CCc1ccc(OC2CN(CC(=O)O)CCCN(CC(=O)O)CCN2CC(=O)O)cc1. The summed E-state index contributed by atoms with van der Waals surface area (Å²) in [5.74, 6) is 0.209. The predicted molar refractivity (Wildman–Crippen MR) is 119 cm³/mol. The van der Waals surface area contributed by atoms with Crippen molar-refractivity contribution in [2.24, 2.45) is 5.73 Å². The van der Waals surface area contributed by atoms with Crippen LogP contribution in [0.2, 0.25) is 0 Å². The lowest BCUT2D eigenvalue weighted by molar-refractivity contribution is -0.144. The molecule has 1 aromatic rings. The molecule has 1 atom stereocenters. The Hall–Kier alpha value is -3.33. The second kappa shape index (κ2) is 13.3. The molecule has 11 nitrogen and oxygen atoms in total. The van der Waals surface area contributed by atoms with Gasteiger partial charge in [-0.15, -0.1) is 0 Å². The molecule has 5 N–H and O–H groups in total. The maximum absolute atomic E-state index is 11.5. The van der Waals surface area contributed by atoms with Crippen LogP contribution < -0.4 is 10.5 Å². The molecule has 33 heavy (non-hydrogen) atoms. The van der Waals surface area contributed by atoms with Crippen molar-refractivity contribution in [3.8, 4) is 17.7 Å². The third-order valence-corrected chi connectivity index (χ3v) is 5.12. The molecule has 0 saturated carbocycles. The molecule has 180 valence electrons. The number of hydrogen-bond acceptors (Lipinski definition) is 8. The second-order valence-corrected chi connectivity index (χ2v) is 7.73. The van der Waals surface area contributed by atoms with Gasteiger partial charge in [0.15, 0.2) is 6.23 Å². The van der Waals surface area contributed by atoms with Gasteiger partial charge < -0.3 is 25.8 Å². The van der Waals surface area contributed by atoms with Crippen molar-refractivity contribution in [3.05, 3.63) is 29.8 Å². The second-order valence-electron chi connectivity index (χ2n) is 7.73. The van der Waals surface area contributed by atoms with Gasteiger partial charge in [0.2, 0.25) is 0 Å². The first-order chi connectivity index (χ1) is 15.8. The van der Waals surface area contributed by atoms with Crippen molar-refractivity contribution >= 4 is 17.9 Å². The van der Waals surface area contributed by atoms with E-state index in [2.05, 4.69) is 12.0 Å². The molecular formula is C22H30N4O7. The number of nitrogens with zero attached hydrogens (tertiary/aromatic N) is 3. The number of aliphatic carboxylic acids is 3. The van der Waals surface area contributed by atoms with Crippen molar-refractivity contribution in [2.75, 3.05) is 52.4 Å². The molecule has 0 spiro atoms. The number of hydrogen-bond donors (Lipinski definition) is 4. The molecule has 1 fully saturated rings. The van der Waals surface area contributed by atoms with Crippen LogP contribution in [0.5, 0.6) is 5.75 Å². The number of carboxylic acid groups (broad SMARTS) is 3. The van der Waals surface area contributed by atoms with E-state index in [4.69, 9.17) is 10.5 Å². The lowest BCUT2D eigenvalue weighted by Gasteiger charge is -2.37. The van der Waals surface area contributed by atoms with E-state index < -0.39 is 24.1 Å². The first-order valence-corrected chi connectivity index (χ1v) is 10.5. The summed E-state index contributed by atoms with van der Waals surface area (Å²) in [7, 11) is 0. The molecule has 11 heteroatoms. The van der Waals surface area contributed by atoms with E-state index >= 15 is 0 Å². The maximum atomic E-state index is 11.5. The van der Waals surface area contributed by atoms with Crippen molar-refractivity contribution < 1.29 is 34.4 Å². The van der Waals surface area contributed by atoms with Gasteiger partial charge in [-0.05, 0) is 24.1 Å². The third kappa shape index (κ3) is 9.78. The Morgan fingerprint density at radius 3 is 2.12 bits per heavy atom. The summed E-state index contributed by atoms with van der Waals surface area (Å²) < 4.78 is 6.12. The summed E-state index contributed by atoms with van der Waals surface area (Å²) in [6, 6.07) is 9.47. The van der Waals surface area contributed by atoms with Gasteiger partial charge in [-0.2, -0.15) is 0 Å². The van der Waals surface area contributed by atoms with E-state index in [1.54, 1.807) is 26.8 Å². The van der Waals surface area contributed by atoms with Crippen LogP contribution in [0, 0.1) is 12.0 Å². The molecule has 0 amide bonds. The summed E-state index contributed by atoms with van der Waals surface area (Å²) in [6.07, 6.45) is 0.306. The van der Waals surface area contributed by atoms with Crippen LogP contribution >= 0.6 is 0 Å². The molecule has 0 bridgehead atoms. The largest absolute Gasteiger partial charge is 0.480 e. The highest BCUT2D eigenvalue weighted by atomic mass is 16.5. The van der Waals surface area contributed by atoms with E-state index in [0.717, 1.165) is 5.56 Å². The predicted octanol–water partition coefficient (Wildman–Crippen LogP) is -0.583. The number of carboxylic acids is 3. The molecule has 1 heterocycles. The lowest BCUT2D eigenvalue weighted by atomic mass is 10.1. The minimum atomic E-state index is -1.06. The Balaban J connectivity index is 2.27. The minimum Gasteiger partial charge on any atom is -0.480 e. The molecular weight excluding hydrogens is 432 g/mol. The maximum Gasteiger partial charge on any atom is 0.317 e. The standard InChI is InChI=1S/C22H30N4O7/c23-8-1-3-17-4-6-18(7-5-17)33-19-13-25(15-21(29)30)10-2-9-24(14-20(27)28)11-12-26(19)16-22(31)32/h4-7,19H,2-3,9-16,23H2,(H,27,28)(H,29,30)(H,31,32). The van der Waals surface area contributed by atoms with Gasteiger partial charge in [-0.25, -0.2) is 0 Å². The van der Waals surface area contributed by atoms with Crippen LogP contribution in [0.15, 0.2) is 24.3 Å². The highest BCUT2D eigenvalue weighted by Gasteiger charge is 2.28. The quantitative estimate of drug-likeness (QED) is 0.275. The van der Waals surface area contributed by atoms with Gasteiger partial charge in [0, 0.05) is 38.6 Å². The van der Waals surface area contributed by atoms with Gasteiger partial charge in [-0.1, -0.05) is 18.1 Å². The Morgan fingerprint density at radius 1 is 0.909 bits per heavy atom. The van der Waals surface area contributed by atoms with Crippen LogP contribution in [0.1, 0.15) is 12.0 Å². The van der Waals surface area contributed by atoms with Crippen LogP contribution in [0.4, 0.5) is 0 Å². The van der Waals surface area contributed by atoms with E-state index in [0.29, 0.717) is 38.2 Å². The molecule has 1 aliphatic heterocycles. The summed E-state index contributed by atoms with van der Waals surface area (Å²) in [6.45, 7) is 0.872. The smallest absolute Gasteiger partial charge is 0.317 e. The summed E-state index contributed by atoms with van der Waals surface area (Å²) in [5.41, 5.74) is 6.13. The molecule has 0 aliphatic carbocycles. The zero-order chi connectivity index (χ0) is 24.2. The Kier molecular flexibility index (Phi) is 10.4. The normalized spacial score (nSPS) is 18.6. The molecule has 1 aromatic carbocycles. The third-order valence-electron chi connectivity index (χ3n) is 5.12. The van der Waals surface area contributed by atoms with Crippen LogP contribution in [0.25, 0.3) is 0 Å². The summed E-state index contributed by atoms with van der Waals surface area (Å²) >= 11 is 0. The van der Waals surface area contributed by atoms with E-state index in [1.807, 2.05) is 12.1 Å². The Morgan fingerprint density at radius 2 is 1.52 bits per heavy atom. The van der Waals surface area contributed by atoms with Crippen molar-refractivity contribution in [2.45, 2.75) is 19.1 Å². The fourth-order valence-corrected chi connectivity index (χ4v) is 3.62. The number of rotatable bonds is 9. The zero-order valence-corrected chi connectivity index (χ0v) is 18.4. The average molecular weight is 463 g/mol. The molecule has 2 rings (SSSR count). The summed E-state index contributed by atoms with van der Waals surface area (Å²) in [4.78, 5) is 39.1. The lowest BCUT2D eigenvalue weighted by Crippen LogP contribution is -2.53. The van der Waals surface area contributed by atoms with E-state index in [9.17, 15) is 29.7 Å². The van der Waals surface area contributed by atoms with Crippen LogP contribution in [-0.2, 0) is 20.8 Å². The summed E-state index contributed by atoms with van der Waals surface area (Å²) in [5, 5.41) is 27.9. The van der Waals surface area contributed by atoms with Gasteiger partial charge in [0.1, 0.15) is 5.75 Å². The van der Waals surface area contributed by atoms with Crippen LogP contribution in [-0.4, -0.2) is 107 Å². The highest BCUT2D eigenvalue weighted by molar-refractivity contribution is 5.70. The number of ether oxygens (including phenoxy) is 1. The highest BCUT2D eigenvalue weighted by Crippen LogP contribution is 2.17. The Labute approximate surface area is 192 Å². The van der Waals surface area contributed by atoms with Gasteiger partial charge >= 0.3 is 17.9 Å².